The van der Waals surface area contributed by atoms with E-state index in [0.29, 0.717) is 30.1 Å². The summed E-state index contributed by atoms with van der Waals surface area (Å²) in [4.78, 5) is 25.7. The second kappa shape index (κ2) is 14.6. The molecule has 232 valence electrons. The summed E-state index contributed by atoms with van der Waals surface area (Å²) in [6.45, 7) is 0.413. The molecule has 2 aromatic carbocycles. The first-order valence-electron chi connectivity index (χ1n) is 11.8. The molecule has 0 aliphatic carbocycles. The molecule has 14 nitrogen and oxygen atoms in total. The number of hydrogen-bond acceptors (Lipinski definition) is 9. The van der Waals surface area contributed by atoms with Gasteiger partial charge in [0.25, 0.3) is 0 Å². The Morgan fingerprint density at radius 1 is 1.07 bits per heavy atom. The second-order valence-corrected chi connectivity index (χ2v) is 10.3. The molecule has 0 radical (unpaired) electrons. The van der Waals surface area contributed by atoms with E-state index in [-0.39, 0.29) is 36.2 Å². The van der Waals surface area contributed by atoms with Gasteiger partial charge in [0.15, 0.2) is 0 Å². The minimum Gasteiger partial charge on any atom is -0.497 e. The number of methoxy groups -OCH3 is 2. The van der Waals surface area contributed by atoms with Crippen LogP contribution in [0.2, 0.25) is 0 Å². The van der Waals surface area contributed by atoms with E-state index in [2.05, 4.69) is 5.48 Å². The molecule has 1 heterocycles. The van der Waals surface area contributed by atoms with Crippen LogP contribution in [0, 0.1) is 5.41 Å². The lowest BCUT2D eigenvalue weighted by Crippen LogP contribution is -2.48. The number of hydroxylamine groups is 1. The molecule has 3 rings (SSSR count). The smallest absolute Gasteiger partial charge is 0.490 e. The van der Waals surface area contributed by atoms with Gasteiger partial charge in [0, 0.05) is 25.5 Å². The number of rotatable bonds is 11. The van der Waals surface area contributed by atoms with E-state index in [1.807, 2.05) is 0 Å². The predicted octanol–water partition coefficient (Wildman–Crippen LogP) is 1.72. The van der Waals surface area contributed by atoms with E-state index in [1.54, 1.807) is 24.3 Å². The first-order valence-corrected chi connectivity index (χ1v) is 13.3. The summed E-state index contributed by atoms with van der Waals surface area (Å²) in [6, 6.07) is 8.19. The topological polar surface area (TPSA) is 211 Å². The maximum atomic E-state index is 13.6. The lowest BCUT2D eigenvalue weighted by atomic mass is 9.95. The largest absolute Gasteiger partial charge is 0.497 e. The fourth-order valence-corrected chi connectivity index (χ4v) is 5.38. The van der Waals surface area contributed by atoms with Crippen LogP contribution in [0.15, 0.2) is 41.3 Å². The zero-order chi connectivity index (χ0) is 31.7. The Morgan fingerprint density at radius 3 is 2.26 bits per heavy atom. The quantitative estimate of drug-likeness (QED) is 0.105. The third-order valence-corrected chi connectivity index (χ3v) is 7.47. The Kier molecular flexibility index (Phi) is 11.8. The number of hydrogen-bond donors (Lipinski definition) is 5. The standard InChI is InChI=1S/C22H28N4O8S.C2HF3O2/c1-31-16-6-7-19(32-2)20(12-16)35(29,30)26-13-15-10-17(33-8-3-9-34-25-22(23)24)5-4-14(15)11-18(26)21(27)28;3-2(4,5)1(6)7/h4-7,10,12,18H,3,8-9,11,13H2,1-2H3,(H,27,28)(H4,23,24,25);(H,6,7)/t18-;/m0./s1. The number of nitrogens with two attached hydrogens (primary N) is 1. The molecule has 1 atom stereocenters. The molecule has 0 bridgehead atoms. The van der Waals surface area contributed by atoms with Gasteiger partial charge in [-0.1, -0.05) is 6.07 Å². The van der Waals surface area contributed by atoms with Crippen LogP contribution in [0.4, 0.5) is 13.2 Å². The molecule has 0 saturated heterocycles. The molecule has 1 aliphatic heterocycles. The summed E-state index contributed by atoms with van der Waals surface area (Å²) >= 11 is 0. The first kappa shape index (κ1) is 33.9. The summed E-state index contributed by atoms with van der Waals surface area (Å²) in [5.41, 5.74) is 8.71. The monoisotopic (exact) mass is 622 g/mol. The number of nitrogens with zero attached hydrogens (tertiary/aromatic N) is 1. The van der Waals surface area contributed by atoms with Crippen molar-refractivity contribution in [1.82, 2.24) is 9.79 Å². The van der Waals surface area contributed by atoms with Crippen molar-refractivity contribution >= 4 is 27.9 Å². The fourth-order valence-electron chi connectivity index (χ4n) is 3.65. The number of benzene rings is 2. The highest BCUT2D eigenvalue weighted by atomic mass is 32.2. The normalized spacial score (nSPS) is 14.9. The number of nitrogens with one attached hydrogen (secondary N) is 2. The van der Waals surface area contributed by atoms with Crippen molar-refractivity contribution in [1.29, 1.82) is 5.41 Å². The first-order chi connectivity index (χ1) is 19.6. The lowest BCUT2D eigenvalue weighted by molar-refractivity contribution is -0.192. The van der Waals surface area contributed by atoms with Crippen molar-refractivity contribution < 1.29 is 60.4 Å². The molecule has 0 amide bonds. The van der Waals surface area contributed by atoms with Gasteiger partial charge in [-0.25, -0.2) is 18.7 Å². The van der Waals surface area contributed by atoms with E-state index in [1.165, 1.54) is 26.4 Å². The Morgan fingerprint density at radius 2 is 1.71 bits per heavy atom. The van der Waals surface area contributed by atoms with E-state index < -0.39 is 34.2 Å². The average Bonchev–Trinajstić information content (AvgIpc) is 2.93. The van der Waals surface area contributed by atoms with Crippen LogP contribution in [0.25, 0.3) is 0 Å². The van der Waals surface area contributed by atoms with Gasteiger partial charge in [-0.15, -0.1) is 0 Å². The number of carboxylic acid groups (broad SMARTS) is 2. The number of guanidine groups is 1. The molecule has 2 aromatic rings. The number of fused-ring (bicyclic) bond motifs is 1. The van der Waals surface area contributed by atoms with Crippen molar-refractivity contribution in [2.75, 3.05) is 27.4 Å². The minimum absolute atomic E-state index is 0.00101. The molecule has 0 spiro atoms. The van der Waals surface area contributed by atoms with Crippen molar-refractivity contribution in [2.45, 2.75) is 36.5 Å². The number of ether oxygens (including phenoxy) is 3. The number of carbonyl (C=O) groups is 2. The van der Waals surface area contributed by atoms with Crippen molar-refractivity contribution in [3.63, 3.8) is 0 Å². The highest BCUT2D eigenvalue weighted by Crippen LogP contribution is 2.36. The molecular weight excluding hydrogens is 593 g/mol. The van der Waals surface area contributed by atoms with Gasteiger partial charge in [0.05, 0.1) is 27.4 Å². The summed E-state index contributed by atoms with van der Waals surface area (Å²) in [7, 11) is -1.52. The van der Waals surface area contributed by atoms with E-state index in [9.17, 15) is 31.5 Å². The van der Waals surface area contributed by atoms with Crippen molar-refractivity contribution in [3.8, 4) is 17.2 Å². The van der Waals surface area contributed by atoms with Gasteiger partial charge in [-0.3, -0.25) is 15.0 Å². The number of sulfonamides is 1. The number of aliphatic carboxylic acids is 2. The summed E-state index contributed by atoms with van der Waals surface area (Å²) < 4.78 is 76.0. The Hall–Kier alpha value is -4.29. The zero-order valence-corrected chi connectivity index (χ0v) is 23.1. The molecule has 18 heteroatoms. The molecular formula is C24H29F3N4O10S. The highest BCUT2D eigenvalue weighted by Gasteiger charge is 2.41. The Balaban J connectivity index is 0.000000782. The maximum absolute atomic E-state index is 13.6. The van der Waals surface area contributed by atoms with E-state index in [4.69, 9.17) is 40.1 Å². The third-order valence-electron chi connectivity index (χ3n) is 5.59. The Bertz CT molecular complexity index is 1390. The third kappa shape index (κ3) is 9.11. The minimum atomic E-state index is -5.08. The van der Waals surface area contributed by atoms with Gasteiger partial charge < -0.3 is 30.2 Å². The number of alkyl halides is 3. The predicted molar refractivity (Wildman–Crippen MR) is 139 cm³/mol. The number of halogens is 3. The van der Waals surface area contributed by atoms with E-state index in [0.717, 1.165) is 9.87 Å². The average molecular weight is 623 g/mol. The molecule has 0 unspecified atom stereocenters. The van der Waals surface area contributed by atoms with Crippen LogP contribution in [-0.2, 0) is 37.4 Å². The van der Waals surface area contributed by atoms with Crippen LogP contribution >= 0.6 is 0 Å². The fraction of sp³-hybridized carbons (Fsp3) is 0.375. The summed E-state index contributed by atoms with van der Waals surface area (Å²) in [6.07, 6.45) is -4.57. The van der Waals surface area contributed by atoms with Crippen molar-refractivity contribution in [2.24, 2.45) is 5.73 Å². The molecule has 6 N–H and O–H groups in total. The molecule has 1 aliphatic rings. The molecule has 0 saturated carbocycles. The zero-order valence-electron chi connectivity index (χ0n) is 22.3. The van der Waals surface area contributed by atoms with Gasteiger partial charge in [0.2, 0.25) is 16.0 Å². The van der Waals surface area contributed by atoms with Crippen molar-refractivity contribution in [3.05, 3.63) is 47.5 Å². The maximum Gasteiger partial charge on any atom is 0.490 e. The second-order valence-electron chi connectivity index (χ2n) is 8.42. The van der Waals surface area contributed by atoms with Crippen LogP contribution in [0.5, 0.6) is 17.2 Å². The van der Waals surface area contributed by atoms with Gasteiger partial charge in [0.1, 0.15) is 28.2 Å². The van der Waals surface area contributed by atoms with Gasteiger partial charge in [-0.05, 0) is 35.4 Å². The van der Waals surface area contributed by atoms with Crippen LogP contribution < -0.4 is 25.4 Å². The van der Waals surface area contributed by atoms with Crippen LogP contribution in [0.1, 0.15) is 17.5 Å². The summed E-state index contributed by atoms with van der Waals surface area (Å²) in [5.74, 6) is -3.42. The van der Waals surface area contributed by atoms with Gasteiger partial charge >= 0.3 is 18.1 Å². The number of carboxylic acids is 2. The highest BCUT2D eigenvalue weighted by molar-refractivity contribution is 7.89. The SMILES string of the molecule is COc1ccc(OC)c(S(=O)(=O)N2Cc3cc(OCCCONC(=N)N)ccc3C[C@H]2C(=O)O)c1.O=C(O)C(F)(F)F. The lowest BCUT2D eigenvalue weighted by Gasteiger charge is -2.34. The van der Waals surface area contributed by atoms with E-state index >= 15 is 0 Å². The molecule has 0 aromatic heterocycles. The Labute approximate surface area is 238 Å². The van der Waals surface area contributed by atoms with Crippen LogP contribution in [0.3, 0.4) is 0 Å². The molecule has 0 fully saturated rings. The summed E-state index contributed by atoms with van der Waals surface area (Å²) in [5, 5.41) is 24.0. The van der Waals surface area contributed by atoms with Crippen LogP contribution in [-0.4, -0.2) is 80.5 Å². The van der Waals surface area contributed by atoms with Gasteiger partial charge in [-0.2, -0.15) is 17.5 Å². The molecule has 42 heavy (non-hydrogen) atoms.